The lowest BCUT2D eigenvalue weighted by Crippen LogP contribution is -2.31. The summed E-state index contributed by atoms with van der Waals surface area (Å²) in [5, 5.41) is 11.2. The molecule has 1 saturated heterocycles. The fourth-order valence-electron chi connectivity index (χ4n) is 5.33. The lowest BCUT2D eigenvalue weighted by molar-refractivity contribution is 0.215. The van der Waals surface area contributed by atoms with E-state index in [0.29, 0.717) is 11.9 Å². The van der Waals surface area contributed by atoms with Crippen molar-refractivity contribution in [2.45, 2.75) is 30.7 Å². The van der Waals surface area contributed by atoms with Gasteiger partial charge in [-0.15, -0.1) is 0 Å². The molecule has 8 nitrogen and oxygen atoms in total. The van der Waals surface area contributed by atoms with Crippen molar-refractivity contribution in [1.82, 2.24) is 24.6 Å². The van der Waals surface area contributed by atoms with Crippen LogP contribution in [-0.4, -0.2) is 59.5 Å². The van der Waals surface area contributed by atoms with Gasteiger partial charge in [0.1, 0.15) is 5.82 Å². The summed E-state index contributed by atoms with van der Waals surface area (Å²) >= 11 is 0. The number of piperidine rings is 1. The first-order valence-electron chi connectivity index (χ1n) is 12.8. The lowest BCUT2D eigenvalue weighted by atomic mass is 9.98. The van der Waals surface area contributed by atoms with Crippen LogP contribution in [0.4, 0.5) is 11.5 Å². The maximum absolute atomic E-state index is 11.8. The van der Waals surface area contributed by atoms with Gasteiger partial charge in [-0.3, -0.25) is 9.67 Å². The van der Waals surface area contributed by atoms with Crippen molar-refractivity contribution in [2.24, 2.45) is 0 Å². The molecule has 0 atom stereocenters. The van der Waals surface area contributed by atoms with Crippen LogP contribution in [0.2, 0.25) is 0 Å². The number of fused-ring (bicyclic) bond motifs is 2. The average Bonchev–Trinajstić information content (AvgIpc) is 3.34. The molecule has 1 N–H and O–H groups in total. The third kappa shape index (κ3) is 4.52. The summed E-state index contributed by atoms with van der Waals surface area (Å²) in [5.41, 5.74) is 5.05. The Balaban J connectivity index is 1.36. The van der Waals surface area contributed by atoms with Crippen molar-refractivity contribution in [3.63, 3.8) is 0 Å². The number of benzene rings is 2. The Morgan fingerprint density at radius 3 is 2.45 bits per heavy atom. The van der Waals surface area contributed by atoms with E-state index < -0.39 is 9.84 Å². The van der Waals surface area contributed by atoms with Crippen molar-refractivity contribution >= 4 is 43.0 Å². The molecule has 0 aliphatic carbocycles. The molecule has 194 valence electrons. The van der Waals surface area contributed by atoms with Gasteiger partial charge in [0.15, 0.2) is 9.84 Å². The van der Waals surface area contributed by atoms with Crippen LogP contribution < -0.4 is 5.32 Å². The summed E-state index contributed by atoms with van der Waals surface area (Å²) in [6.07, 6.45) is 9.07. The van der Waals surface area contributed by atoms with Gasteiger partial charge in [0.05, 0.1) is 28.3 Å². The second kappa shape index (κ2) is 9.49. The molecule has 0 unspecified atom stereocenters. The van der Waals surface area contributed by atoms with Crippen molar-refractivity contribution in [2.75, 3.05) is 31.7 Å². The highest BCUT2D eigenvalue weighted by Gasteiger charge is 2.22. The minimum absolute atomic E-state index is 0.283. The molecule has 1 fully saturated rings. The summed E-state index contributed by atoms with van der Waals surface area (Å²) in [5.74, 6) is 0.660. The molecule has 3 aromatic heterocycles. The van der Waals surface area contributed by atoms with Crippen molar-refractivity contribution < 1.29 is 8.42 Å². The molecule has 6 rings (SSSR count). The number of nitrogens with one attached hydrogen (secondary N) is 1. The molecule has 0 bridgehead atoms. The highest BCUT2D eigenvalue weighted by atomic mass is 32.2. The van der Waals surface area contributed by atoms with Gasteiger partial charge in [0, 0.05) is 46.1 Å². The summed E-state index contributed by atoms with van der Waals surface area (Å²) < 4.78 is 25.8. The van der Waals surface area contributed by atoms with Gasteiger partial charge in [-0.25, -0.2) is 13.4 Å². The fraction of sp³-hybridized carbons (Fsp3) is 0.276. The molecule has 0 saturated carbocycles. The maximum Gasteiger partial charge on any atom is 0.175 e. The number of hydrogen-bond donors (Lipinski definition) is 1. The van der Waals surface area contributed by atoms with Gasteiger partial charge in [-0.05, 0) is 87.9 Å². The van der Waals surface area contributed by atoms with E-state index in [4.69, 9.17) is 10.1 Å². The van der Waals surface area contributed by atoms with Crippen LogP contribution >= 0.6 is 0 Å². The summed E-state index contributed by atoms with van der Waals surface area (Å²) in [6, 6.07) is 15.4. The third-order valence-corrected chi connectivity index (χ3v) is 8.67. The first-order valence-corrected chi connectivity index (χ1v) is 14.6. The van der Waals surface area contributed by atoms with E-state index >= 15 is 0 Å². The number of likely N-dealkylation sites (tertiary alicyclic amines) is 1. The predicted octanol–water partition coefficient (Wildman–Crippen LogP) is 5.37. The van der Waals surface area contributed by atoms with Crippen LogP contribution in [0.25, 0.3) is 32.9 Å². The SMILES string of the molecule is Cc1c(-c2nccc3cnc(Nc4ccc(S(C)(=O)=O)cc4)cc23)ccc2c1cnn2C1CCN(C)CC1. The number of nitrogens with zero attached hydrogens (tertiary/aromatic N) is 5. The third-order valence-electron chi connectivity index (χ3n) is 7.54. The van der Waals surface area contributed by atoms with Gasteiger partial charge in [-0.2, -0.15) is 5.10 Å². The van der Waals surface area contributed by atoms with Gasteiger partial charge >= 0.3 is 0 Å². The zero-order chi connectivity index (χ0) is 26.4. The lowest BCUT2D eigenvalue weighted by Gasteiger charge is -2.29. The number of hydrogen-bond acceptors (Lipinski definition) is 7. The zero-order valence-electron chi connectivity index (χ0n) is 21.7. The highest BCUT2D eigenvalue weighted by molar-refractivity contribution is 7.90. The number of rotatable bonds is 5. The van der Waals surface area contributed by atoms with Crippen molar-refractivity contribution in [1.29, 1.82) is 0 Å². The Labute approximate surface area is 222 Å². The Morgan fingerprint density at radius 1 is 0.947 bits per heavy atom. The minimum Gasteiger partial charge on any atom is -0.340 e. The Kier molecular flexibility index (Phi) is 6.12. The number of aromatic nitrogens is 4. The first-order chi connectivity index (χ1) is 18.3. The van der Waals surface area contributed by atoms with Crippen LogP contribution in [0, 0.1) is 6.92 Å². The predicted molar refractivity (Wildman–Crippen MR) is 152 cm³/mol. The van der Waals surface area contributed by atoms with E-state index in [9.17, 15) is 8.42 Å². The molecule has 0 amide bonds. The molecule has 5 aromatic rings. The molecular formula is C29H30N6O2S. The fourth-order valence-corrected chi connectivity index (χ4v) is 5.96. The van der Waals surface area contributed by atoms with Gasteiger partial charge in [0.2, 0.25) is 0 Å². The number of aryl methyl sites for hydroxylation is 1. The smallest absolute Gasteiger partial charge is 0.175 e. The molecule has 38 heavy (non-hydrogen) atoms. The minimum atomic E-state index is -3.24. The van der Waals surface area contributed by atoms with Gasteiger partial charge < -0.3 is 10.2 Å². The maximum atomic E-state index is 11.8. The van der Waals surface area contributed by atoms with E-state index in [-0.39, 0.29) is 4.90 Å². The highest BCUT2D eigenvalue weighted by Crippen LogP contribution is 2.35. The second-order valence-corrected chi connectivity index (χ2v) is 12.2. The van der Waals surface area contributed by atoms with E-state index in [1.807, 2.05) is 30.7 Å². The van der Waals surface area contributed by atoms with Crippen molar-refractivity contribution in [3.05, 3.63) is 72.7 Å². The molecule has 1 aliphatic heterocycles. The topological polar surface area (TPSA) is 93.0 Å². The molecule has 4 heterocycles. The largest absolute Gasteiger partial charge is 0.340 e. The molecule has 0 radical (unpaired) electrons. The van der Waals surface area contributed by atoms with E-state index in [1.54, 1.807) is 24.3 Å². The quantitative estimate of drug-likeness (QED) is 0.329. The van der Waals surface area contributed by atoms with Crippen molar-refractivity contribution in [3.8, 4) is 11.3 Å². The van der Waals surface area contributed by atoms with E-state index in [1.165, 1.54) is 11.8 Å². The van der Waals surface area contributed by atoms with Crippen LogP contribution in [-0.2, 0) is 9.84 Å². The Hall–Kier alpha value is -3.82. The van der Waals surface area contributed by atoms with Crippen LogP contribution in [0.3, 0.4) is 0 Å². The average molecular weight is 527 g/mol. The number of pyridine rings is 2. The normalized spacial score (nSPS) is 15.3. The molecule has 0 spiro atoms. The molecule has 1 aliphatic rings. The van der Waals surface area contributed by atoms with Crippen LogP contribution in [0.5, 0.6) is 0 Å². The van der Waals surface area contributed by atoms with Crippen LogP contribution in [0.1, 0.15) is 24.4 Å². The van der Waals surface area contributed by atoms with Gasteiger partial charge in [0.25, 0.3) is 0 Å². The second-order valence-electron chi connectivity index (χ2n) is 10.2. The van der Waals surface area contributed by atoms with Gasteiger partial charge in [-0.1, -0.05) is 6.07 Å². The Bertz CT molecular complexity index is 1750. The summed E-state index contributed by atoms with van der Waals surface area (Å²) in [4.78, 5) is 12.0. The molecule has 9 heteroatoms. The first kappa shape index (κ1) is 24.5. The standard InChI is InChI=1S/C29H30N6O2S/c1-19-24(8-9-27-26(19)18-32-35(27)22-11-14-34(2)15-12-22)29-25-16-28(31-17-20(25)10-13-30-29)33-21-4-6-23(7-5-21)38(3,36)37/h4-10,13,16-18,22H,11-12,14-15H2,1-3H3,(H,31,33). The number of anilines is 2. The summed E-state index contributed by atoms with van der Waals surface area (Å²) in [6.45, 7) is 4.33. The van der Waals surface area contributed by atoms with Crippen LogP contribution in [0.15, 0.2) is 72.0 Å². The Morgan fingerprint density at radius 2 is 1.71 bits per heavy atom. The molecular weight excluding hydrogens is 496 g/mol. The monoisotopic (exact) mass is 526 g/mol. The zero-order valence-corrected chi connectivity index (χ0v) is 22.5. The number of sulfone groups is 1. The molecule has 2 aromatic carbocycles. The van der Waals surface area contributed by atoms with E-state index in [2.05, 4.69) is 46.0 Å². The van der Waals surface area contributed by atoms with E-state index in [0.717, 1.165) is 64.6 Å². The summed E-state index contributed by atoms with van der Waals surface area (Å²) in [7, 11) is -1.07.